The SMILES string of the molecule is C=CCn1cc(C(=O)C(F)(F)F)c2c1C(=O)N(C)CN2. The average molecular weight is 287 g/mol. The molecule has 8 heteroatoms. The zero-order chi connectivity index (χ0) is 15.1. The molecule has 0 aliphatic carbocycles. The number of rotatable bonds is 3. The van der Waals surface area contributed by atoms with E-state index in [4.69, 9.17) is 0 Å². The van der Waals surface area contributed by atoms with Crippen LogP contribution in [0.25, 0.3) is 0 Å². The Morgan fingerprint density at radius 1 is 1.55 bits per heavy atom. The minimum Gasteiger partial charge on any atom is -0.365 e. The third kappa shape index (κ3) is 2.17. The fourth-order valence-electron chi connectivity index (χ4n) is 2.02. The number of carbonyl (C=O) groups is 2. The molecule has 5 nitrogen and oxygen atoms in total. The Bertz CT molecular complexity index is 590. The number of nitrogens with one attached hydrogen (secondary N) is 1. The summed E-state index contributed by atoms with van der Waals surface area (Å²) in [5, 5.41) is 2.67. The molecule has 0 unspecified atom stereocenters. The average Bonchev–Trinajstić information content (AvgIpc) is 2.71. The first kappa shape index (κ1) is 14.2. The lowest BCUT2D eigenvalue weighted by Crippen LogP contribution is -2.38. The number of carbonyl (C=O) groups excluding carboxylic acids is 2. The second-order valence-electron chi connectivity index (χ2n) is 4.37. The standard InChI is InChI=1S/C12H12F3N3O2/c1-3-4-18-5-7(10(19)12(13,14)15)8-9(18)11(20)17(2)6-16-8/h3,5,16H,1,4,6H2,2H3. The summed E-state index contributed by atoms with van der Waals surface area (Å²) in [6.07, 6.45) is -2.52. The first-order chi connectivity index (χ1) is 9.27. The molecule has 108 valence electrons. The van der Waals surface area contributed by atoms with Crippen LogP contribution in [0.5, 0.6) is 0 Å². The van der Waals surface area contributed by atoms with Crippen molar-refractivity contribution < 1.29 is 22.8 Å². The normalized spacial score (nSPS) is 14.8. The maximum atomic E-state index is 12.6. The number of alkyl halides is 3. The Morgan fingerprint density at radius 3 is 2.75 bits per heavy atom. The van der Waals surface area contributed by atoms with Crippen molar-refractivity contribution >= 4 is 17.4 Å². The van der Waals surface area contributed by atoms with Crippen LogP contribution in [0.2, 0.25) is 0 Å². The van der Waals surface area contributed by atoms with Gasteiger partial charge < -0.3 is 14.8 Å². The number of halogens is 3. The highest BCUT2D eigenvalue weighted by molar-refractivity contribution is 6.11. The van der Waals surface area contributed by atoms with E-state index in [0.29, 0.717) is 0 Å². The van der Waals surface area contributed by atoms with E-state index in [1.54, 1.807) is 0 Å². The fourth-order valence-corrected chi connectivity index (χ4v) is 2.02. The molecular weight excluding hydrogens is 275 g/mol. The molecule has 2 heterocycles. The van der Waals surface area contributed by atoms with Crippen LogP contribution in [0, 0.1) is 0 Å². The number of anilines is 1. The summed E-state index contributed by atoms with van der Waals surface area (Å²) in [5.74, 6) is -2.41. The summed E-state index contributed by atoms with van der Waals surface area (Å²) in [4.78, 5) is 24.8. The van der Waals surface area contributed by atoms with E-state index < -0.39 is 23.4 Å². The second-order valence-corrected chi connectivity index (χ2v) is 4.37. The van der Waals surface area contributed by atoms with E-state index in [2.05, 4.69) is 11.9 Å². The number of hydrogen-bond donors (Lipinski definition) is 1. The monoisotopic (exact) mass is 287 g/mol. The highest BCUT2D eigenvalue weighted by Gasteiger charge is 2.43. The molecule has 0 spiro atoms. The molecule has 0 saturated heterocycles. The van der Waals surface area contributed by atoms with Crippen LogP contribution in [0.3, 0.4) is 0 Å². The first-order valence-electron chi connectivity index (χ1n) is 5.72. The minimum atomic E-state index is -4.98. The van der Waals surface area contributed by atoms with Crippen molar-refractivity contribution in [3.05, 3.63) is 30.1 Å². The van der Waals surface area contributed by atoms with Gasteiger partial charge in [-0.25, -0.2) is 0 Å². The maximum Gasteiger partial charge on any atom is 0.455 e. The summed E-state index contributed by atoms with van der Waals surface area (Å²) < 4.78 is 39.0. The molecule has 1 aromatic rings. The lowest BCUT2D eigenvalue weighted by atomic mass is 10.1. The van der Waals surface area contributed by atoms with Crippen LogP contribution < -0.4 is 5.32 Å². The minimum absolute atomic E-state index is 0.0336. The predicted molar refractivity (Wildman–Crippen MR) is 65.6 cm³/mol. The summed E-state index contributed by atoms with van der Waals surface area (Å²) in [6, 6.07) is 0. The van der Waals surface area contributed by atoms with E-state index in [9.17, 15) is 22.8 Å². The molecule has 1 N–H and O–H groups in total. The third-order valence-corrected chi connectivity index (χ3v) is 2.95. The highest BCUT2D eigenvalue weighted by atomic mass is 19.4. The molecular formula is C12H12F3N3O2. The van der Waals surface area contributed by atoms with Gasteiger partial charge in [0.15, 0.2) is 0 Å². The lowest BCUT2D eigenvalue weighted by Gasteiger charge is -2.25. The van der Waals surface area contributed by atoms with Gasteiger partial charge in [0.2, 0.25) is 0 Å². The van der Waals surface area contributed by atoms with E-state index in [-0.39, 0.29) is 24.6 Å². The van der Waals surface area contributed by atoms with Gasteiger partial charge in [0.1, 0.15) is 5.69 Å². The van der Waals surface area contributed by atoms with Crippen molar-refractivity contribution in [3.8, 4) is 0 Å². The molecule has 0 fully saturated rings. The van der Waals surface area contributed by atoms with E-state index >= 15 is 0 Å². The van der Waals surface area contributed by atoms with Gasteiger partial charge in [0, 0.05) is 19.8 Å². The van der Waals surface area contributed by atoms with Gasteiger partial charge in [0.05, 0.1) is 17.9 Å². The Balaban J connectivity index is 2.59. The van der Waals surface area contributed by atoms with E-state index in [1.807, 2.05) is 0 Å². The Kier molecular flexibility index (Phi) is 3.33. The number of aromatic nitrogens is 1. The smallest absolute Gasteiger partial charge is 0.365 e. The fraction of sp³-hybridized carbons (Fsp3) is 0.333. The van der Waals surface area contributed by atoms with Gasteiger partial charge in [-0.3, -0.25) is 9.59 Å². The first-order valence-corrected chi connectivity index (χ1v) is 5.72. The van der Waals surface area contributed by atoms with E-state index in [0.717, 1.165) is 6.20 Å². The summed E-state index contributed by atoms with van der Waals surface area (Å²) in [7, 11) is 1.51. The van der Waals surface area contributed by atoms with Crippen molar-refractivity contribution in [2.75, 3.05) is 19.0 Å². The zero-order valence-corrected chi connectivity index (χ0v) is 10.6. The Labute approximate surface area is 112 Å². The van der Waals surface area contributed by atoms with Crippen molar-refractivity contribution in [1.82, 2.24) is 9.47 Å². The van der Waals surface area contributed by atoms with Crippen LogP contribution in [0.15, 0.2) is 18.9 Å². The van der Waals surface area contributed by atoms with Gasteiger partial charge in [-0.05, 0) is 0 Å². The molecule has 1 aliphatic rings. The van der Waals surface area contributed by atoms with Gasteiger partial charge in [-0.15, -0.1) is 6.58 Å². The zero-order valence-electron chi connectivity index (χ0n) is 10.6. The van der Waals surface area contributed by atoms with E-state index in [1.165, 1.54) is 22.6 Å². The summed E-state index contributed by atoms with van der Waals surface area (Å²) in [5.41, 5.74) is -0.584. The summed E-state index contributed by atoms with van der Waals surface area (Å²) >= 11 is 0. The van der Waals surface area contributed by atoms with Crippen LogP contribution in [-0.4, -0.2) is 41.1 Å². The van der Waals surface area contributed by atoms with Crippen molar-refractivity contribution in [2.45, 2.75) is 12.7 Å². The van der Waals surface area contributed by atoms with Gasteiger partial charge in [0.25, 0.3) is 11.7 Å². The maximum absolute atomic E-state index is 12.6. The number of fused-ring (bicyclic) bond motifs is 1. The van der Waals surface area contributed by atoms with Crippen LogP contribution >= 0.6 is 0 Å². The van der Waals surface area contributed by atoms with Gasteiger partial charge >= 0.3 is 6.18 Å². The van der Waals surface area contributed by atoms with Crippen LogP contribution in [-0.2, 0) is 6.54 Å². The highest BCUT2D eigenvalue weighted by Crippen LogP contribution is 2.32. The number of allylic oxidation sites excluding steroid dienone is 1. The van der Waals surface area contributed by atoms with Crippen molar-refractivity contribution in [1.29, 1.82) is 0 Å². The second kappa shape index (κ2) is 4.69. The number of nitrogens with zero attached hydrogens (tertiary/aromatic N) is 2. The van der Waals surface area contributed by atoms with Crippen molar-refractivity contribution in [2.24, 2.45) is 0 Å². The van der Waals surface area contributed by atoms with Crippen LogP contribution in [0.1, 0.15) is 20.8 Å². The predicted octanol–water partition coefficient (Wildman–Crippen LogP) is 1.87. The topological polar surface area (TPSA) is 54.3 Å². The molecule has 1 aliphatic heterocycles. The Hall–Kier alpha value is -2.25. The Morgan fingerprint density at radius 2 is 2.20 bits per heavy atom. The summed E-state index contributed by atoms with van der Waals surface area (Å²) in [6.45, 7) is 3.66. The van der Waals surface area contributed by atoms with Gasteiger partial charge in [-0.1, -0.05) is 6.08 Å². The molecule has 0 radical (unpaired) electrons. The van der Waals surface area contributed by atoms with Gasteiger partial charge in [-0.2, -0.15) is 13.2 Å². The number of Topliss-reactive ketones (excluding diaryl/α,β-unsaturated/α-hetero) is 1. The largest absolute Gasteiger partial charge is 0.455 e. The molecule has 0 atom stereocenters. The quantitative estimate of drug-likeness (QED) is 0.682. The molecule has 1 aromatic heterocycles. The number of amides is 1. The number of hydrogen-bond acceptors (Lipinski definition) is 3. The molecule has 0 aromatic carbocycles. The molecule has 2 rings (SSSR count). The lowest BCUT2D eigenvalue weighted by molar-refractivity contribution is -0.0884. The third-order valence-electron chi connectivity index (χ3n) is 2.95. The molecule has 0 bridgehead atoms. The molecule has 0 saturated carbocycles. The molecule has 20 heavy (non-hydrogen) atoms. The number of ketones is 1. The van der Waals surface area contributed by atoms with Crippen molar-refractivity contribution in [3.63, 3.8) is 0 Å². The molecule has 1 amide bonds. The van der Waals surface area contributed by atoms with Crippen LogP contribution in [0.4, 0.5) is 18.9 Å².